The molecule has 1 aromatic carbocycles. The predicted octanol–water partition coefficient (Wildman–Crippen LogP) is 1.74. The maximum Gasteiger partial charge on any atom is 0.227 e. The monoisotopic (exact) mass is 368 g/mol. The second kappa shape index (κ2) is 8.29. The molecule has 0 bridgehead atoms. The Kier molecular flexibility index (Phi) is 6.59. The van der Waals surface area contributed by atoms with Crippen LogP contribution in [-0.2, 0) is 19.6 Å². The quantitative estimate of drug-likeness (QED) is 0.795. The molecule has 1 aliphatic rings. The normalized spacial score (nSPS) is 19.3. The van der Waals surface area contributed by atoms with E-state index in [0.717, 1.165) is 5.56 Å². The summed E-state index contributed by atoms with van der Waals surface area (Å²) in [6.45, 7) is 3.25. The zero-order chi connectivity index (χ0) is 18.5. The first-order valence-electron chi connectivity index (χ1n) is 8.58. The minimum atomic E-state index is -3.19. The summed E-state index contributed by atoms with van der Waals surface area (Å²) in [5, 5.41) is 3.20. The highest BCUT2D eigenvalue weighted by Gasteiger charge is 2.38. The van der Waals surface area contributed by atoms with Crippen LogP contribution in [0.3, 0.4) is 0 Å². The van der Waals surface area contributed by atoms with Crippen LogP contribution >= 0.6 is 0 Å². The van der Waals surface area contributed by atoms with E-state index in [-0.39, 0.29) is 11.8 Å². The molecule has 140 valence electrons. The number of benzene rings is 1. The van der Waals surface area contributed by atoms with Crippen LogP contribution in [0.5, 0.6) is 0 Å². The first-order chi connectivity index (χ1) is 11.8. The number of carbonyl (C=O) groups excluding carboxylic acids is 1. The van der Waals surface area contributed by atoms with Crippen molar-refractivity contribution in [2.24, 2.45) is 0 Å². The number of nitrogens with one attached hydrogen (secondary N) is 1. The molecular weight excluding hydrogens is 340 g/mol. The van der Waals surface area contributed by atoms with Crippen molar-refractivity contribution < 1.29 is 17.9 Å². The summed E-state index contributed by atoms with van der Waals surface area (Å²) in [4.78, 5) is 12.8. The first-order valence-corrected chi connectivity index (χ1v) is 10.4. The van der Waals surface area contributed by atoms with E-state index in [1.165, 1.54) is 10.6 Å². The summed E-state index contributed by atoms with van der Waals surface area (Å²) in [5.74, 6) is -0.288. The molecule has 7 heteroatoms. The van der Waals surface area contributed by atoms with Gasteiger partial charge in [0.15, 0.2) is 0 Å². The highest BCUT2D eigenvalue weighted by molar-refractivity contribution is 7.88. The van der Waals surface area contributed by atoms with Crippen LogP contribution < -0.4 is 5.32 Å². The Bertz CT molecular complexity index is 668. The third-order valence-electron chi connectivity index (χ3n) is 5.01. The van der Waals surface area contributed by atoms with Gasteiger partial charge in [-0.25, -0.2) is 12.7 Å². The molecule has 1 unspecified atom stereocenters. The summed E-state index contributed by atoms with van der Waals surface area (Å²) in [5.41, 5.74) is 0.549. The number of rotatable bonds is 7. The zero-order valence-corrected chi connectivity index (χ0v) is 16.0. The molecule has 0 aromatic heterocycles. The summed E-state index contributed by atoms with van der Waals surface area (Å²) < 4.78 is 30.2. The van der Waals surface area contributed by atoms with Crippen molar-refractivity contribution in [3.63, 3.8) is 0 Å². The molecule has 6 nitrogen and oxygen atoms in total. The molecule has 1 N–H and O–H groups in total. The Morgan fingerprint density at radius 3 is 2.40 bits per heavy atom. The number of methoxy groups -OCH3 is 1. The highest BCUT2D eigenvalue weighted by atomic mass is 32.2. The summed E-state index contributed by atoms with van der Waals surface area (Å²) in [6.07, 6.45) is 3.09. The second-order valence-corrected chi connectivity index (χ2v) is 8.79. The summed E-state index contributed by atoms with van der Waals surface area (Å²) in [6, 6.07) is 9.65. The Morgan fingerprint density at radius 2 is 1.88 bits per heavy atom. The number of amides is 1. The number of hydrogen-bond donors (Lipinski definition) is 1. The van der Waals surface area contributed by atoms with Gasteiger partial charge in [-0.2, -0.15) is 0 Å². The highest BCUT2D eigenvalue weighted by Crippen LogP contribution is 2.28. The van der Waals surface area contributed by atoms with Crippen LogP contribution in [0.4, 0.5) is 0 Å². The van der Waals surface area contributed by atoms with E-state index < -0.39 is 15.6 Å². The first kappa shape index (κ1) is 19.9. The molecule has 1 atom stereocenters. The van der Waals surface area contributed by atoms with Crippen LogP contribution in [0.1, 0.15) is 37.7 Å². The third-order valence-corrected chi connectivity index (χ3v) is 6.32. The van der Waals surface area contributed by atoms with Crippen molar-refractivity contribution in [2.75, 3.05) is 33.1 Å². The number of sulfonamides is 1. The fraction of sp³-hybridized carbons (Fsp3) is 0.611. The SMILES string of the molecule is COCCC1(NC(=O)C(C)c2ccccc2)CCN(S(C)(=O)=O)CC1. The van der Waals surface area contributed by atoms with Crippen molar-refractivity contribution in [3.05, 3.63) is 35.9 Å². The molecule has 1 fully saturated rings. The van der Waals surface area contributed by atoms with Crippen molar-refractivity contribution in [1.82, 2.24) is 9.62 Å². The number of nitrogens with zero attached hydrogens (tertiary/aromatic N) is 1. The summed E-state index contributed by atoms with van der Waals surface area (Å²) >= 11 is 0. The lowest BCUT2D eigenvalue weighted by molar-refractivity contribution is -0.125. The Morgan fingerprint density at radius 1 is 1.28 bits per heavy atom. The van der Waals surface area contributed by atoms with Crippen molar-refractivity contribution in [1.29, 1.82) is 0 Å². The lowest BCUT2D eigenvalue weighted by Gasteiger charge is -2.42. The Labute approximate surface area is 150 Å². The van der Waals surface area contributed by atoms with E-state index in [1.54, 1.807) is 7.11 Å². The van der Waals surface area contributed by atoms with Gasteiger partial charge in [-0.05, 0) is 31.7 Å². The van der Waals surface area contributed by atoms with E-state index in [1.807, 2.05) is 37.3 Å². The van der Waals surface area contributed by atoms with E-state index >= 15 is 0 Å². The third kappa shape index (κ3) is 5.26. The predicted molar refractivity (Wildman–Crippen MR) is 97.9 cm³/mol. The fourth-order valence-electron chi connectivity index (χ4n) is 3.24. The van der Waals surface area contributed by atoms with Crippen molar-refractivity contribution >= 4 is 15.9 Å². The Balaban J connectivity index is 2.09. The average molecular weight is 368 g/mol. The molecule has 0 radical (unpaired) electrons. The molecule has 1 heterocycles. The van der Waals surface area contributed by atoms with E-state index in [9.17, 15) is 13.2 Å². The van der Waals surface area contributed by atoms with Crippen LogP contribution in [-0.4, -0.2) is 57.2 Å². The largest absolute Gasteiger partial charge is 0.385 e. The van der Waals surface area contributed by atoms with Crippen LogP contribution in [0.2, 0.25) is 0 Å². The van der Waals surface area contributed by atoms with Gasteiger partial charge in [0.2, 0.25) is 15.9 Å². The molecule has 25 heavy (non-hydrogen) atoms. The molecular formula is C18H28N2O4S. The van der Waals surface area contributed by atoms with Gasteiger partial charge in [-0.15, -0.1) is 0 Å². The average Bonchev–Trinajstić information content (AvgIpc) is 2.59. The number of ether oxygens (including phenoxy) is 1. The lowest BCUT2D eigenvalue weighted by Crippen LogP contribution is -2.57. The van der Waals surface area contributed by atoms with Gasteiger partial charge in [0.05, 0.1) is 12.2 Å². The number of piperidine rings is 1. The van der Waals surface area contributed by atoms with Gasteiger partial charge < -0.3 is 10.1 Å². The van der Waals surface area contributed by atoms with Gasteiger partial charge in [0.25, 0.3) is 0 Å². The van der Waals surface area contributed by atoms with Crippen LogP contribution in [0, 0.1) is 0 Å². The second-order valence-electron chi connectivity index (χ2n) is 6.81. The van der Waals surface area contributed by atoms with Crippen molar-refractivity contribution in [2.45, 2.75) is 37.6 Å². The number of carbonyl (C=O) groups is 1. The maximum atomic E-state index is 12.8. The Hall–Kier alpha value is -1.44. The molecule has 2 rings (SSSR count). The van der Waals surface area contributed by atoms with Crippen LogP contribution in [0.25, 0.3) is 0 Å². The molecule has 1 amide bonds. The molecule has 0 spiro atoms. The van der Waals surface area contributed by atoms with Crippen molar-refractivity contribution in [3.8, 4) is 0 Å². The summed E-state index contributed by atoms with van der Waals surface area (Å²) in [7, 11) is -1.56. The van der Waals surface area contributed by atoms with Gasteiger partial charge in [-0.1, -0.05) is 30.3 Å². The fourth-order valence-corrected chi connectivity index (χ4v) is 4.09. The maximum absolute atomic E-state index is 12.8. The molecule has 1 aliphatic heterocycles. The smallest absolute Gasteiger partial charge is 0.227 e. The molecule has 0 aliphatic carbocycles. The van der Waals surface area contributed by atoms with Crippen LogP contribution in [0.15, 0.2) is 30.3 Å². The van der Waals surface area contributed by atoms with E-state index in [4.69, 9.17) is 4.74 Å². The minimum absolute atomic E-state index is 0.0323. The minimum Gasteiger partial charge on any atom is -0.385 e. The number of hydrogen-bond acceptors (Lipinski definition) is 4. The van der Waals surface area contributed by atoms with E-state index in [0.29, 0.717) is 39.0 Å². The van der Waals surface area contributed by atoms with Gasteiger partial charge in [-0.3, -0.25) is 4.79 Å². The topological polar surface area (TPSA) is 75.7 Å². The molecule has 1 saturated heterocycles. The van der Waals surface area contributed by atoms with Gasteiger partial charge in [0.1, 0.15) is 0 Å². The lowest BCUT2D eigenvalue weighted by atomic mass is 9.84. The standard InChI is InChI=1S/C18H28N2O4S/c1-15(16-7-5-4-6-8-16)17(21)19-18(11-14-24-2)9-12-20(13-10-18)25(3,22)23/h4-8,15H,9-14H2,1-3H3,(H,19,21). The van der Waals surface area contributed by atoms with Gasteiger partial charge in [0, 0.05) is 32.3 Å². The zero-order valence-electron chi connectivity index (χ0n) is 15.2. The molecule has 1 aromatic rings. The van der Waals surface area contributed by atoms with E-state index in [2.05, 4.69) is 5.32 Å². The van der Waals surface area contributed by atoms with Gasteiger partial charge >= 0.3 is 0 Å². The molecule has 0 saturated carbocycles.